The van der Waals surface area contributed by atoms with Gasteiger partial charge >= 0.3 is 0 Å². The van der Waals surface area contributed by atoms with Crippen LogP contribution in [-0.2, 0) is 10.1 Å². The third kappa shape index (κ3) is 3.39. The summed E-state index contributed by atoms with van der Waals surface area (Å²) in [5, 5.41) is 3.87. The monoisotopic (exact) mass is 290 g/mol. The molecule has 0 saturated carbocycles. The maximum Gasteiger partial charge on any atom is 0.294 e. The zero-order valence-electron chi connectivity index (χ0n) is 9.21. The van der Waals surface area contributed by atoms with E-state index >= 15 is 0 Å². The molecule has 0 radical (unpaired) electrons. The Morgan fingerprint density at radius 1 is 1.37 bits per heavy atom. The summed E-state index contributed by atoms with van der Waals surface area (Å²) in [6, 6.07) is 4.98. The highest BCUT2D eigenvalue weighted by atomic mass is 32.2. The quantitative estimate of drug-likeness (QED) is 0.571. The molecule has 0 fully saturated rings. The zero-order valence-corrected chi connectivity index (χ0v) is 10.0. The maximum absolute atomic E-state index is 12.9. The van der Waals surface area contributed by atoms with Crippen molar-refractivity contribution in [1.82, 2.24) is 10.7 Å². The van der Waals surface area contributed by atoms with Gasteiger partial charge in [0, 0.05) is 6.08 Å². The summed E-state index contributed by atoms with van der Waals surface area (Å²) in [5.41, 5.74) is 4.57. The first kappa shape index (κ1) is 13.2. The normalized spacial score (nSPS) is 15.4. The van der Waals surface area contributed by atoms with Crippen molar-refractivity contribution in [3.8, 4) is 0 Å². The average molecular weight is 290 g/mol. The Morgan fingerprint density at radius 3 is 2.74 bits per heavy atom. The first-order valence-corrected chi connectivity index (χ1v) is 6.31. The SMILES string of the molecule is O=S(=O)(O)c1cccc(NN2N=C(F)C=C(F)N2)c1. The van der Waals surface area contributed by atoms with E-state index in [-0.39, 0.29) is 10.6 Å². The molecule has 1 heterocycles. The van der Waals surface area contributed by atoms with Gasteiger partial charge in [0.05, 0.1) is 10.6 Å². The molecule has 0 aliphatic carbocycles. The fourth-order valence-corrected chi connectivity index (χ4v) is 1.82. The number of rotatable bonds is 3. The molecule has 7 nitrogen and oxygen atoms in total. The first-order valence-electron chi connectivity index (χ1n) is 4.87. The molecule has 1 aromatic rings. The Bertz CT molecular complexity index is 659. The van der Waals surface area contributed by atoms with Crippen LogP contribution in [0.15, 0.2) is 46.3 Å². The second-order valence-electron chi connectivity index (χ2n) is 3.45. The van der Waals surface area contributed by atoms with E-state index < -0.39 is 22.0 Å². The fraction of sp³-hybridized carbons (Fsp3) is 0. The summed E-state index contributed by atoms with van der Waals surface area (Å²) in [6.07, 6.45) is 0.535. The standard InChI is InChI=1S/C9H8F2N4O3S/c10-8-5-9(11)14-15(13-8)12-6-2-1-3-7(4-6)19(16,17)18/h1-5,12-13H,(H,16,17,18). The number of nitrogens with zero attached hydrogens (tertiary/aromatic N) is 2. The van der Waals surface area contributed by atoms with Crippen molar-refractivity contribution in [3.05, 3.63) is 36.3 Å². The van der Waals surface area contributed by atoms with Crippen molar-refractivity contribution in [2.45, 2.75) is 4.90 Å². The van der Waals surface area contributed by atoms with E-state index in [2.05, 4.69) is 10.5 Å². The number of anilines is 1. The summed E-state index contributed by atoms with van der Waals surface area (Å²) in [6.45, 7) is 0. The van der Waals surface area contributed by atoms with E-state index in [4.69, 9.17) is 4.55 Å². The lowest BCUT2D eigenvalue weighted by atomic mass is 10.3. The smallest absolute Gasteiger partial charge is 0.282 e. The number of nitrogens with one attached hydrogen (secondary N) is 2. The van der Waals surface area contributed by atoms with Crippen LogP contribution in [0.1, 0.15) is 0 Å². The predicted molar refractivity (Wildman–Crippen MR) is 62.6 cm³/mol. The topological polar surface area (TPSA) is 94.0 Å². The van der Waals surface area contributed by atoms with Crippen LogP contribution in [0.5, 0.6) is 0 Å². The Kier molecular flexibility index (Phi) is 3.36. The number of benzene rings is 1. The molecule has 1 aliphatic rings. The van der Waals surface area contributed by atoms with Crippen molar-refractivity contribution in [2.75, 3.05) is 5.43 Å². The van der Waals surface area contributed by atoms with Crippen LogP contribution in [0, 0.1) is 0 Å². The van der Waals surface area contributed by atoms with Gasteiger partial charge in [-0.25, -0.2) is 5.43 Å². The van der Waals surface area contributed by atoms with Gasteiger partial charge in [0.25, 0.3) is 10.1 Å². The Balaban J connectivity index is 2.19. The molecule has 1 aromatic carbocycles. The minimum atomic E-state index is -4.36. The first-order chi connectivity index (χ1) is 8.84. The van der Waals surface area contributed by atoms with Crippen LogP contribution < -0.4 is 10.9 Å². The van der Waals surface area contributed by atoms with E-state index in [1.54, 1.807) is 0 Å². The lowest BCUT2D eigenvalue weighted by molar-refractivity contribution is 0.233. The summed E-state index contributed by atoms with van der Waals surface area (Å²) >= 11 is 0. The molecule has 2 rings (SSSR count). The Morgan fingerprint density at radius 2 is 2.11 bits per heavy atom. The van der Waals surface area contributed by atoms with Crippen molar-refractivity contribution in [1.29, 1.82) is 0 Å². The highest BCUT2D eigenvalue weighted by Gasteiger charge is 2.14. The molecule has 0 unspecified atom stereocenters. The molecule has 0 bridgehead atoms. The minimum Gasteiger partial charge on any atom is -0.282 e. The van der Waals surface area contributed by atoms with Gasteiger partial charge in [-0.2, -0.15) is 17.2 Å². The third-order valence-electron chi connectivity index (χ3n) is 2.02. The van der Waals surface area contributed by atoms with Gasteiger partial charge in [0.2, 0.25) is 11.9 Å². The molecule has 0 amide bonds. The number of halogens is 2. The molecule has 102 valence electrons. The Hall–Kier alpha value is -2.20. The van der Waals surface area contributed by atoms with Gasteiger partial charge in [-0.15, -0.1) is 10.3 Å². The van der Waals surface area contributed by atoms with Crippen molar-refractivity contribution >= 4 is 21.8 Å². The van der Waals surface area contributed by atoms with Crippen LogP contribution in [0.4, 0.5) is 14.5 Å². The van der Waals surface area contributed by atoms with Crippen LogP contribution >= 0.6 is 0 Å². The zero-order chi connectivity index (χ0) is 14.0. The molecular formula is C9H8F2N4O3S. The molecule has 1 aliphatic heterocycles. The number of hydrogen-bond donors (Lipinski definition) is 3. The molecular weight excluding hydrogens is 282 g/mol. The number of hydrazine groups is 2. The van der Waals surface area contributed by atoms with Crippen molar-refractivity contribution < 1.29 is 21.8 Å². The molecule has 3 N–H and O–H groups in total. The van der Waals surface area contributed by atoms with Gasteiger partial charge in [0.1, 0.15) is 0 Å². The van der Waals surface area contributed by atoms with Gasteiger partial charge in [0.15, 0.2) is 0 Å². The molecule has 0 aromatic heterocycles. The molecule has 0 spiro atoms. The van der Waals surface area contributed by atoms with E-state index in [1.165, 1.54) is 12.1 Å². The number of hydrazone groups is 1. The average Bonchev–Trinajstić information content (AvgIpc) is 2.26. The number of hydrogen-bond acceptors (Lipinski definition) is 6. The van der Waals surface area contributed by atoms with Crippen LogP contribution in [0.2, 0.25) is 0 Å². The van der Waals surface area contributed by atoms with Crippen molar-refractivity contribution in [3.63, 3.8) is 0 Å². The van der Waals surface area contributed by atoms with E-state index in [1.807, 2.05) is 5.43 Å². The lowest BCUT2D eigenvalue weighted by Gasteiger charge is -2.23. The molecule has 0 saturated heterocycles. The fourth-order valence-electron chi connectivity index (χ4n) is 1.29. The summed E-state index contributed by atoms with van der Waals surface area (Å²) in [5.74, 6) is -2.05. The van der Waals surface area contributed by atoms with Gasteiger partial charge < -0.3 is 0 Å². The van der Waals surface area contributed by atoms with Gasteiger partial charge in [-0.05, 0) is 18.2 Å². The van der Waals surface area contributed by atoms with Gasteiger partial charge in [-0.1, -0.05) is 6.07 Å². The van der Waals surface area contributed by atoms with E-state index in [0.29, 0.717) is 11.3 Å². The van der Waals surface area contributed by atoms with Gasteiger partial charge in [-0.3, -0.25) is 9.98 Å². The van der Waals surface area contributed by atoms with E-state index in [0.717, 1.165) is 12.1 Å². The van der Waals surface area contributed by atoms with Crippen LogP contribution in [-0.4, -0.2) is 24.2 Å². The predicted octanol–water partition coefficient (Wildman–Crippen LogP) is 1.17. The maximum atomic E-state index is 12.9. The largest absolute Gasteiger partial charge is 0.294 e. The second kappa shape index (κ2) is 4.82. The summed E-state index contributed by atoms with van der Waals surface area (Å²) in [7, 11) is -4.36. The third-order valence-corrected chi connectivity index (χ3v) is 2.87. The molecule has 0 atom stereocenters. The summed E-state index contributed by atoms with van der Waals surface area (Å²) in [4.78, 5) is -0.366. The summed E-state index contributed by atoms with van der Waals surface area (Å²) < 4.78 is 56.4. The van der Waals surface area contributed by atoms with Crippen LogP contribution in [0.3, 0.4) is 0 Å². The minimum absolute atomic E-state index is 0.147. The lowest BCUT2D eigenvalue weighted by Crippen LogP contribution is -2.39. The number of allylic oxidation sites excluding steroid dienone is 1. The molecule has 19 heavy (non-hydrogen) atoms. The van der Waals surface area contributed by atoms with Crippen LogP contribution in [0.25, 0.3) is 0 Å². The second-order valence-corrected chi connectivity index (χ2v) is 4.87. The highest BCUT2D eigenvalue weighted by molar-refractivity contribution is 7.85. The van der Waals surface area contributed by atoms with E-state index in [9.17, 15) is 17.2 Å². The molecule has 10 heteroatoms. The Labute approximate surface area is 106 Å². The van der Waals surface area contributed by atoms with Crippen molar-refractivity contribution in [2.24, 2.45) is 5.10 Å². The highest BCUT2D eigenvalue weighted by Crippen LogP contribution is 2.16.